The standard InChI is InChI=1S/C25H34N2O4/c1-19(2)27(22-7-5-4-6-8-22)14-16-31-24-17-21(10-11-23(24)29-3)26-25(28)12-9-20-13-15-30-18-20/h9-13,15,17-19,22H,4-8,14,16H2,1-3H3,(H,26,28). The molecule has 1 heterocycles. The lowest BCUT2D eigenvalue weighted by Crippen LogP contribution is -2.43. The third-order valence-electron chi connectivity index (χ3n) is 5.72. The van der Waals surface area contributed by atoms with Crippen molar-refractivity contribution in [2.75, 3.05) is 25.6 Å². The molecule has 6 nitrogen and oxygen atoms in total. The van der Waals surface area contributed by atoms with Gasteiger partial charge in [-0.1, -0.05) is 19.3 Å². The number of anilines is 1. The maximum Gasteiger partial charge on any atom is 0.248 e. The summed E-state index contributed by atoms with van der Waals surface area (Å²) in [6.07, 6.45) is 12.9. The van der Waals surface area contributed by atoms with Gasteiger partial charge < -0.3 is 19.2 Å². The quantitative estimate of drug-likeness (QED) is 0.518. The van der Waals surface area contributed by atoms with Gasteiger partial charge in [-0.3, -0.25) is 9.69 Å². The van der Waals surface area contributed by atoms with Crippen LogP contribution < -0.4 is 14.8 Å². The summed E-state index contributed by atoms with van der Waals surface area (Å²) in [6, 6.07) is 8.34. The molecule has 0 unspecified atom stereocenters. The van der Waals surface area contributed by atoms with Crippen LogP contribution in [0, 0.1) is 0 Å². The van der Waals surface area contributed by atoms with Crippen LogP contribution in [-0.2, 0) is 4.79 Å². The van der Waals surface area contributed by atoms with E-state index in [0.717, 1.165) is 12.1 Å². The molecule has 0 radical (unpaired) electrons. The van der Waals surface area contributed by atoms with Gasteiger partial charge in [-0.15, -0.1) is 0 Å². The number of hydrogen-bond acceptors (Lipinski definition) is 5. The van der Waals surface area contributed by atoms with Gasteiger partial charge in [0.2, 0.25) is 5.91 Å². The third-order valence-corrected chi connectivity index (χ3v) is 5.72. The zero-order chi connectivity index (χ0) is 22.1. The number of nitrogens with zero attached hydrogens (tertiary/aromatic N) is 1. The van der Waals surface area contributed by atoms with Gasteiger partial charge in [0.1, 0.15) is 6.61 Å². The molecule has 2 aromatic rings. The van der Waals surface area contributed by atoms with E-state index < -0.39 is 0 Å². The van der Waals surface area contributed by atoms with Crippen LogP contribution in [0.4, 0.5) is 5.69 Å². The molecule has 31 heavy (non-hydrogen) atoms. The summed E-state index contributed by atoms with van der Waals surface area (Å²) in [5, 5.41) is 2.86. The van der Waals surface area contributed by atoms with Crippen LogP contribution in [0.25, 0.3) is 6.08 Å². The summed E-state index contributed by atoms with van der Waals surface area (Å²) in [5.41, 5.74) is 1.49. The van der Waals surface area contributed by atoms with Gasteiger partial charge in [0.25, 0.3) is 0 Å². The van der Waals surface area contributed by atoms with Crippen LogP contribution >= 0.6 is 0 Å². The van der Waals surface area contributed by atoms with Crippen LogP contribution in [0.1, 0.15) is 51.5 Å². The molecule has 0 atom stereocenters. The Bertz CT molecular complexity index is 839. The number of rotatable bonds is 10. The molecule has 1 aromatic carbocycles. The Morgan fingerprint density at radius 2 is 2.03 bits per heavy atom. The van der Waals surface area contributed by atoms with Crippen molar-refractivity contribution in [2.24, 2.45) is 0 Å². The van der Waals surface area contributed by atoms with E-state index in [0.29, 0.717) is 35.9 Å². The van der Waals surface area contributed by atoms with E-state index in [2.05, 4.69) is 24.1 Å². The van der Waals surface area contributed by atoms with Crippen molar-refractivity contribution in [3.05, 3.63) is 48.4 Å². The first-order valence-corrected chi connectivity index (χ1v) is 11.1. The summed E-state index contributed by atoms with van der Waals surface area (Å²) in [7, 11) is 1.62. The molecule has 1 amide bonds. The lowest BCUT2D eigenvalue weighted by atomic mass is 9.93. The maximum atomic E-state index is 12.2. The fraction of sp³-hybridized carbons (Fsp3) is 0.480. The molecule has 1 aliphatic carbocycles. The highest BCUT2D eigenvalue weighted by Crippen LogP contribution is 2.31. The van der Waals surface area contributed by atoms with Crippen molar-refractivity contribution >= 4 is 17.7 Å². The maximum absolute atomic E-state index is 12.2. The van der Waals surface area contributed by atoms with Crippen molar-refractivity contribution in [3.63, 3.8) is 0 Å². The van der Waals surface area contributed by atoms with E-state index in [1.54, 1.807) is 37.8 Å². The Morgan fingerprint density at radius 3 is 2.71 bits per heavy atom. The van der Waals surface area contributed by atoms with Gasteiger partial charge >= 0.3 is 0 Å². The highest BCUT2D eigenvalue weighted by atomic mass is 16.5. The van der Waals surface area contributed by atoms with Crippen molar-refractivity contribution in [1.29, 1.82) is 0 Å². The summed E-state index contributed by atoms with van der Waals surface area (Å²) in [5.74, 6) is 1.06. The second-order valence-electron chi connectivity index (χ2n) is 8.22. The fourth-order valence-electron chi connectivity index (χ4n) is 4.13. The largest absolute Gasteiger partial charge is 0.493 e. The number of carbonyl (C=O) groups is 1. The Morgan fingerprint density at radius 1 is 1.23 bits per heavy atom. The van der Waals surface area contributed by atoms with Gasteiger partial charge in [-0.05, 0) is 51.0 Å². The molecule has 3 rings (SSSR count). The summed E-state index contributed by atoms with van der Waals surface area (Å²) < 4.78 is 16.5. The summed E-state index contributed by atoms with van der Waals surface area (Å²) >= 11 is 0. The lowest BCUT2D eigenvalue weighted by Gasteiger charge is -2.37. The molecule has 0 spiro atoms. The Kier molecular flexibility index (Phi) is 8.59. The second kappa shape index (κ2) is 11.6. The molecule has 1 saturated carbocycles. The number of benzene rings is 1. The van der Waals surface area contributed by atoms with Crippen molar-refractivity contribution in [1.82, 2.24) is 4.90 Å². The fourth-order valence-corrected chi connectivity index (χ4v) is 4.13. The number of nitrogens with one attached hydrogen (secondary N) is 1. The number of carbonyl (C=O) groups excluding carboxylic acids is 1. The summed E-state index contributed by atoms with van der Waals surface area (Å²) in [4.78, 5) is 14.8. The highest BCUT2D eigenvalue weighted by Gasteiger charge is 2.23. The average Bonchev–Trinajstić information content (AvgIpc) is 3.29. The van der Waals surface area contributed by atoms with Gasteiger partial charge in [-0.25, -0.2) is 0 Å². The minimum absolute atomic E-state index is 0.222. The topological polar surface area (TPSA) is 63.9 Å². The Labute approximate surface area is 185 Å². The Balaban J connectivity index is 1.58. The molecule has 1 aliphatic rings. The lowest BCUT2D eigenvalue weighted by molar-refractivity contribution is -0.111. The molecule has 0 aliphatic heterocycles. The number of amides is 1. The predicted molar refractivity (Wildman–Crippen MR) is 124 cm³/mol. The minimum Gasteiger partial charge on any atom is -0.493 e. The average molecular weight is 427 g/mol. The number of hydrogen-bond donors (Lipinski definition) is 1. The molecular weight excluding hydrogens is 392 g/mol. The first-order chi connectivity index (χ1) is 15.1. The van der Waals surface area contributed by atoms with E-state index in [1.807, 2.05) is 12.1 Å². The van der Waals surface area contributed by atoms with Crippen LogP contribution in [-0.4, -0.2) is 43.2 Å². The predicted octanol–water partition coefficient (Wildman–Crippen LogP) is 5.36. The zero-order valence-electron chi connectivity index (χ0n) is 18.8. The first kappa shape index (κ1) is 22.9. The molecule has 0 bridgehead atoms. The van der Waals surface area contributed by atoms with Crippen LogP contribution in [0.5, 0.6) is 11.5 Å². The normalized spacial score (nSPS) is 15.0. The van der Waals surface area contributed by atoms with Gasteiger partial charge in [-0.2, -0.15) is 0 Å². The van der Waals surface area contributed by atoms with E-state index in [1.165, 1.54) is 38.2 Å². The van der Waals surface area contributed by atoms with Gasteiger partial charge in [0.15, 0.2) is 11.5 Å². The van der Waals surface area contributed by atoms with Crippen LogP contribution in [0.3, 0.4) is 0 Å². The van der Waals surface area contributed by atoms with E-state index in [4.69, 9.17) is 13.9 Å². The molecule has 1 aromatic heterocycles. The minimum atomic E-state index is -0.222. The smallest absolute Gasteiger partial charge is 0.248 e. The van der Waals surface area contributed by atoms with Gasteiger partial charge in [0.05, 0.1) is 19.6 Å². The number of furan rings is 1. The zero-order valence-corrected chi connectivity index (χ0v) is 18.8. The van der Waals surface area contributed by atoms with E-state index in [-0.39, 0.29) is 5.91 Å². The number of methoxy groups -OCH3 is 1. The first-order valence-electron chi connectivity index (χ1n) is 11.1. The molecule has 6 heteroatoms. The summed E-state index contributed by atoms with van der Waals surface area (Å²) in [6.45, 7) is 5.95. The monoisotopic (exact) mass is 426 g/mol. The molecule has 168 valence electrons. The highest BCUT2D eigenvalue weighted by molar-refractivity contribution is 6.02. The molecule has 1 N–H and O–H groups in total. The van der Waals surface area contributed by atoms with E-state index in [9.17, 15) is 4.79 Å². The SMILES string of the molecule is COc1ccc(NC(=O)C=Cc2ccoc2)cc1OCCN(C(C)C)C1CCCCC1. The molecular formula is C25H34N2O4. The van der Waals surface area contributed by atoms with Gasteiger partial charge in [0, 0.05) is 42.0 Å². The van der Waals surface area contributed by atoms with Crippen molar-refractivity contribution < 1.29 is 18.7 Å². The van der Waals surface area contributed by atoms with Crippen LogP contribution in [0.2, 0.25) is 0 Å². The Hall–Kier alpha value is -2.73. The molecule has 1 fully saturated rings. The van der Waals surface area contributed by atoms with Crippen molar-refractivity contribution in [2.45, 2.75) is 58.0 Å². The number of ether oxygens (including phenoxy) is 2. The molecule has 0 saturated heterocycles. The van der Waals surface area contributed by atoms with E-state index >= 15 is 0 Å². The second-order valence-corrected chi connectivity index (χ2v) is 8.22. The van der Waals surface area contributed by atoms with Crippen LogP contribution in [0.15, 0.2) is 47.3 Å². The van der Waals surface area contributed by atoms with Crippen molar-refractivity contribution in [3.8, 4) is 11.5 Å². The third kappa shape index (κ3) is 6.89.